The van der Waals surface area contributed by atoms with Crippen LogP contribution in [0.15, 0.2) is 39.4 Å². The second-order valence-electron chi connectivity index (χ2n) is 4.19. The second-order valence-corrected chi connectivity index (χ2v) is 4.98. The molecule has 0 aliphatic heterocycles. The molecule has 0 fully saturated rings. The van der Waals surface area contributed by atoms with Gasteiger partial charge in [-0.2, -0.15) is 0 Å². The van der Waals surface area contributed by atoms with Gasteiger partial charge in [0, 0.05) is 11.6 Å². The molecule has 102 valence electrons. The number of rotatable bonds is 5. The Kier molecular flexibility index (Phi) is 4.61. The molecule has 1 heterocycles. The molecule has 5 heteroatoms. The van der Waals surface area contributed by atoms with Crippen molar-refractivity contribution in [2.45, 2.75) is 19.5 Å². The molecule has 0 aliphatic carbocycles. The molecule has 0 saturated heterocycles. The molecule has 0 aliphatic rings. The Morgan fingerprint density at radius 3 is 2.79 bits per heavy atom. The highest BCUT2D eigenvalue weighted by molar-refractivity contribution is 9.10. The van der Waals surface area contributed by atoms with Gasteiger partial charge in [-0.25, -0.2) is 4.39 Å². The Morgan fingerprint density at radius 2 is 2.16 bits per heavy atom. The molecular weight excluding hydrogens is 313 g/mol. The quantitative estimate of drug-likeness (QED) is 0.899. The first-order chi connectivity index (χ1) is 9.10. The van der Waals surface area contributed by atoms with Gasteiger partial charge in [-0.1, -0.05) is 0 Å². The number of methoxy groups -OCH3 is 1. The smallest absolute Gasteiger partial charge is 0.169 e. The zero-order valence-electron chi connectivity index (χ0n) is 10.7. The molecule has 0 bridgehead atoms. The molecule has 0 radical (unpaired) electrons. The molecule has 2 rings (SSSR count). The zero-order valence-corrected chi connectivity index (χ0v) is 12.3. The van der Waals surface area contributed by atoms with Crippen molar-refractivity contribution >= 4 is 15.9 Å². The lowest BCUT2D eigenvalue weighted by atomic mass is 10.1. The van der Waals surface area contributed by atoms with Crippen molar-refractivity contribution in [3.63, 3.8) is 0 Å². The average Bonchev–Trinajstić information content (AvgIpc) is 2.81. The number of nitrogens with one attached hydrogen (secondary N) is 1. The maximum atomic E-state index is 13.3. The van der Waals surface area contributed by atoms with E-state index < -0.39 is 0 Å². The lowest BCUT2D eigenvalue weighted by Crippen LogP contribution is -2.18. The predicted molar refractivity (Wildman–Crippen MR) is 74.6 cm³/mol. The summed E-state index contributed by atoms with van der Waals surface area (Å²) in [6, 6.07) is 8.17. The minimum atomic E-state index is -0.273. The summed E-state index contributed by atoms with van der Waals surface area (Å²) in [5, 5.41) is 3.27. The number of hydrogen-bond donors (Lipinski definition) is 1. The van der Waals surface area contributed by atoms with E-state index in [1.54, 1.807) is 13.2 Å². The minimum absolute atomic E-state index is 0.0467. The van der Waals surface area contributed by atoms with Crippen LogP contribution < -0.4 is 10.1 Å². The van der Waals surface area contributed by atoms with Crippen molar-refractivity contribution in [2.24, 2.45) is 0 Å². The van der Waals surface area contributed by atoms with Gasteiger partial charge in [0.05, 0.1) is 13.7 Å². The maximum absolute atomic E-state index is 13.3. The molecule has 19 heavy (non-hydrogen) atoms. The molecule has 1 atom stereocenters. The molecule has 1 aromatic heterocycles. The van der Waals surface area contributed by atoms with Gasteiger partial charge >= 0.3 is 0 Å². The van der Waals surface area contributed by atoms with E-state index >= 15 is 0 Å². The average molecular weight is 328 g/mol. The summed E-state index contributed by atoms with van der Waals surface area (Å²) in [4.78, 5) is 0. The lowest BCUT2D eigenvalue weighted by molar-refractivity contribution is 0.395. The summed E-state index contributed by atoms with van der Waals surface area (Å²) < 4.78 is 24.6. The molecule has 1 aromatic carbocycles. The lowest BCUT2D eigenvalue weighted by Gasteiger charge is -2.16. The molecule has 0 amide bonds. The van der Waals surface area contributed by atoms with Gasteiger partial charge in [0.25, 0.3) is 0 Å². The number of benzene rings is 1. The Bertz CT molecular complexity index is 556. The van der Waals surface area contributed by atoms with E-state index in [1.807, 2.05) is 19.1 Å². The number of furan rings is 1. The zero-order chi connectivity index (χ0) is 13.8. The van der Waals surface area contributed by atoms with Gasteiger partial charge in [0.2, 0.25) is 0 Å². The van der Waals surface area contributed by atoms with Gasteiger partial charge in [0.15, 0.2) is 4.67 Å². The van der Waals surface area contributed by atoms with Crippen molar-refractivity contribution in [1.82, 2.24) is 5.32 Å². The summed E-state index contributed by atoms with van der Waals surface area (Å²) in [5.41, 5.74) is 0.785. The van der Waals surface area contributed by atoms with E-state index in [0.717, 1.165) is 11.3 Å². The highest BCUT2D eigenvalue weighted by Crippen LogP contribution is 2.26. The third-order valence-corrected chi connectivity index (χ3v) is 3.30. The highest BCUT2D eigenvalue weighted by Gasteiger charge is 2.12. The van der Waals surface area contributed by atoms with Gasteiger partial charge < -0.3 is 14.5 Å². The van der Waals surface area contributed by atoms with Gasteiger partial charge in [-0.3, -0.25) is 0 Å². The number of halogens is 2. The summed E-state index contributed by atoms with van der Waals surface area (Å²) in [6.45, 7) is 2.52. The van der Waals surface area contributed by atoms with Crippen molar-refractivity contribution in [1.29, 1.82) is 0 Å². The predicted octanol–water partition coefficient (Wildman–Crippen LogP) is 4.04. The van der Waals surface area contributed by atoms with Crippen LogP contribution in [0.1, 0.15) is 24.3 Å². The van der Waals surface area contributed by atoms with E-state index in [9.17, 15) is 4.39 Å². The first-order valence-electron chi connectivity index (χ1n) is 5.91. The van der Waals surface area contributed by atoms with Crippen molar-refractivity contribution in [3.05, 3.63) is 52.1 Å². The summed E-state index contributed by atoms with van der Waals surface area (Å²) >= 11 is 3.25. The van der Waals surface area contributed by atoms with E-state index in [2.05, 4.69) is 21.2 Å². The normalized spacial score (nSPS) is 12.4. The first kappa shape index (κ1) is 14.1. The van der Waals surface area contributed by atoms with E-state index in [1.165, 1.54) is 12.1 Å². The molecule has 1 N–H and O–H groups in total. The Labute approximate surface area is 119 Å². The van der Waals surface area contributed by atoms with Crippen LogP contribution in [0.5, 0.6) is 5.75 Å². The number of ether oxygens (including phenoxy) is 1. The third-order valence-electron chi connectivity index (χ3n) is 2.87. The van der Waals surface area contributed by atoms with Crippen LogP contribution in [-0.2, 0) is 6.54 Å². The van der Waals surface area contributed by atoms with Crippen LogP contribution in [0.2, 0.25) is 0 Å². The van der Waals surface area contributed by atoms with Crippen LogP contribution in [0, 0.1) is 5.82 Å². The standard InChI is InChI=1S/C14H15BrFNO2/c1-9(17-8-11-4-6-14(15)19-11)12-7-10(16)3-5-13(12)18-2/h3-7,9,17H,8H2,1-2H3. The first-order valence-corrected chi connectivity index (χ1v) is 6.70. The minimum Gasteiger partial charge on any atom is -0.496 e. The van der Waals surface area contributed by atoms with Gasteiger partial charge in [-0.05, 0) is 53.2 Å². The summed E-state index contributed by atoms with van der Waals surface area (Å²) in [5.74, 6) is 1.21. The van der Waals surface area contributed by atoms with Gasteiger partial charge in [-0.15, -0.1) is 0 Å². The molecule has 0 spiro atoms. The van der Waals surface area contributed by atoms with Crippen LogP contribution in [-0.4, -0.2) is 7.11 Å². The SMILES string of the molecule is COc1ccc(F)cc1C(C)NCc1ccc(Br)o1. The monoisotopic (exact) mass is 327 g/mol. The van der Waals surface area contributed by atoms with Crippen LogP contribution >= 0.6 is 15.9 Å². The fraction of sp³-hybridized carbons (Fsp3) is 0.286. The fourth-order valence-electron chi connectivity index (χ4n) is 1.85. The number of hydrogen-bond acceptors (Lipinski definition) is 3. The van der Waals surface area contributed by atoms with Crippen molar-refractivity contribution in [3.8, 4) is 5.75 Å². The van der Waals surface area contributed by atoms with Crippen molar-refractivity contribution < 1.29 is 13.5 Å². The molecule has 0 saturated carbocycles. The highest BCUT2D eigenvalue weighted by atomic mass is 79.9. The fourth-order valence-corrected chi connectivity index (χ4v) is 2.19. The Morgan fingerprint density at radius 1 is 1.37 bits per heavy atom. The van der Waals surface area contributed by atoms with Crippen molar-refractivity contribution in [2.75, 3.05) is 7.11 Å². The third kappa shape index (κ3) is 3.58. The van der Waals surface area contributed by atoms with E-state index in [-0.39, 0.29) is 11.9 Å². The second kappa shape index (κ2) is 6.21. The largest absolute Gasteiger partial charge is 0.496 e. The Balaban J connectivity index is 2.06. The van der Waals surface area contributed by atoms with Gasteiger partial charge in [0.1, 0.15) is 17.3 Å². The van der Waals surface area contributed by atoms with Crippen LogP contribution in [0.3, 0.4) is 0 Å². The molecule has 1 unspecified atom stereocenters. The molecular formula is C14H15BrFNO2. The van der Waals surface area contributed by atoms with Crippen LogP contribution in [0.25, 0.3) is 0 Å². The van der Waals surface area contributed by atoms with E-state index in [4.69, 9.17) is 9.15 Å². The summed E-state index contributed by atoms with van der Waals surface area (Å²) in [7, 11) is 1.58. The Hall–Kier alpha value is -1.33. The molecule has 2 aromatic rings. The molecule has 3 nitrogen and oxygen atoms in total. The summed E-state index contributed by atoms with van der Waals surface area (Å²) in [6.07, 6.45) is 0. The van der Waals surface area contributed by atoms with Crippen LogP contribution in [0.4, 0.5) is 4.39 Å². The maximum Gasteiger partial charge on any atom is 0.169 e. The topological polar surface area (TPSA) is 34.4 Å². The van der Waals surface area contributed by atoms with E-state index in [0.29, 0.717) is 17.0 Å².